The third kappa shape index (κ3) is 6.51. The number of carbonyl (C=O) groups excluding carboxylic acids is 2. The van der Waals surface area contributed by atoms with Crippen molar-refractivity contribution in [3.63, 3.8) is 0 Å². The predicted octanol–water partition coefficient (Wildman–Crippen LogP) is 3.58. The number of aromatic nitrogens is 2. The Bertz CT molecular complexity index is 1300. The molecule has 1 aliphatic rings. The Hall–Kier alpha value is -3.89. The lowest BCUT2D eigenvalue weighted by Gasteiger charge is -2.35. The number of rotatable bonds is 10. The van der Waals surface area contributed by atoms with Gasteiger partial charge in [-0.25, -0.2) is 9.48 Å². The van der Waals surface area contributed by atoms with E-state index in [9.17, 15) is 19.5 Å². The van der Waals surface area contributed by atoms with Crippen LogP contribution in [0, 0.1) is 0 Å². The van der Waals surface area contributed by atoms with E-state index in [2.05, 4.69) is 15.7 Å². The molecule has 1 saturated heterocycles. The summed E-state index contributed by atoms with van der Waals surface area (Å²) in [6, 6.07) is 15.8. The van der Waals surface area contributed by atoms with Gasteiger partial charge in [-0.2, -0.15) is 5.10 Å². The predicted molar refractivity (Wildman–Crippen MR) is 143 cm³/mol. The van der Waals surface area contributed by atoms with Crippen molar-refractivity contribution in [1.29, 1.82) is 0 Å². The fraction of sp³-hybridized carbons (Fsp3) is 0.333. The van der Waals surface area contributed by atoms with Crippen LogP contribution in [0.5, 0.6) is 0 Å². The summed E-state index contributed by atoms with van der Waals surface area (Å²) in [4.78, 5) is 39.3. The number of anilines is 1. The molecule has 1 aliphatic heterocycles. The van der Waals surface area contributed by atoms with Gasteiger partial charge in [-0.05, 0) is 24.5 Å². The van der Waals surface area contributed by atoms with Crippen LogP contribution in [0.3, 0.4) is 0 Å². The molecule has 2 heterocycles. The number of carboxylic acid groups (broad SMARTS) is 1. The number of ether oxygens (including phenoxy) is 1. The normalized spacial score (nSPS) is 15.2. The molecule has 0 saturated carbocycles. The Labute approximate surface area is 225 Å². The SMILES string of the molecule is COCn1nc(C(=O)NCC(=O)c2ccccc2)c(Cc2ccccc2Cl)c1N1CCC[C@@H](NC(=O)O)C1. The molecule has 1 fully saturated rings. The molecule has 38 heavy (non-hydrogen) atoms. The van der Waals surface area contributed by atoms with Gasteiger partial charge in [0.25, 0.3) is 5.91 Å². The van der Waals surface area contributed by atoms with Crippen LogP contribution in [0.25, 0.3) is 0 Å². The average molecular weight is 540 g/mol. The van der Waals surface area contributed by atoms with Crippen molar-refractivity contribution < 1.29 is 24.2 Å². The van der Waals surface area contributed by atoms with E-state index in [1.165, 1.54) is 7.11 Å². The van der Waals surface area contributed by atoms with Gasteiger partial charge in [0.1, 0.15) is 12.5 Å². The summed E-state index contributed by atoms with van der Waals surface area (Å²) in [5.74, 6) is -0.0605. The minimum atomic E-state index is -1.08. The third-order valence-electron chi connectivity index (χ3n) is 6.37. The van der Waals surface area contributed by atoms with Crippen molar-refractivity contribution >= 4 is 35.2 Å². The first kappa shape index (κ1) is 27.2. The van der Waals surface area contributed by atoms with Gasteiger partial charge in [0.05, 0.1) is 6.54 Å². The molecule has 3 N–H and O–H groups in total. The van der Waals surface area contributed by atoms with Gasteiger partial charge in [-0.1, -0.05) is 60.1 Å². The van der Waals surface area contributed by atoms with Crippen LogP contribution in [0.4, 0.5) is 10.6 Å². The number of Topliss-reactive ketones (excluding diaryl/α,β-unsaturated/α-hetero) is 1. The second-order valence-corrected chi connectivity index (χ2v) is 9.45. The smallest absolute Gasteiger partial charge is 0.404 e. The highest BCUT2D eigenvalue weighted by Crippen LogP contribution is 2.31. The van der Waals surface area contributed by atoms with Gasteiger partial charge in [0.15, 0.2) is 11.5 Å². The lowest BCUT2D eigenvalue weighted by molar-refractivity contribution is 0.0895. The van der Waals surface area contributed by atoms with Gasteiger partial charge >= 0.3 is 6.09 Å². The molecular weight excluding hydrogens is 510 g/mol. The number of amides is 2. The standard InChI is InChI=1S/C27H30ClN5O5/c1-38-17-33-26(32-13-7-11-20(16-32)30-27(36)37)21(14-19-10-5-6-12-22(19)28)24(31-33)25(35)29-15-23(34)18-8-3-2-4-9-18/h2-6,8-10,12,20,30H,7,11,13-17H2,1H3,(H,29,35)(H,36,37)/t20-/m1/s1. The maximum atomic E-state index is 13.4. The van der Waals surface area contributed by atoms with Gasteiger partial charge in [0, 0.05) is 48.8 Å². The highest BCUT2D eigenvalue weighted by atomic mass is 35.5. The minimum Gasteiger partial charge on any atom is -0.465 e. The number of methoxy groups -OCH3 is 1. The Morgan fingerprint density at radius 2 is 1.87 bits per heavy atom. The number of benzene rings is 2. The highest BCUT2D eigenvalue weighted by molar-refractivity contribution is 6.31. The Balaban J connectivity index is 1.69. The molecule has 0 aliphatic carbocycles. The van der Waals surface area contributed by atoms with Gasteiger partial charge in [-0.3, -0.25) is 9.59 Å². The monoisotopic (exact) mass is 539 g/mol. The fourth-order valence-electron chi connectivity index (χ4n) is 4.67. The van der Waals surface area contributed by atoms with Gasteiger partial charge < -0.3 is 25.4 Å². The molecular formula is C27H30ClN5O5. The number of nitrogens with one attached hydrogen (secondary N) is 2. The largest absolute Gasteiger partial charge is 0.465 e. The molecule has 2 amide bonds. The molecule has 0 unspecified atom stereocenters. The zero-order chi connectivity index (χ0) is 27.1. The lowest BCUT2D eigenvalue weighted by atomic mass is 10.0. The van der Waals surface area contributed by atoms with E-state index in [1.54, 1.807) is 35.0 Å². The molecule has 0 radical (unpaired) electrons. The fourth-order valence-corrected chi connectivity index (χ4v) is 4.87. The summed E-state index contributed by atoms with van der Waals surface area (Å²) in [7, 11) is 1.53. The second kappa shape index (κ2) is 12.6. The van der Waals surface area contributed by atoms with Crippen LogP contribution in [-0.4, -0.2) is 65.5 Å². The van der Waals surface area contributed by atoms with E-state index in [0.29, 0.717) is 47.9 Å². The van der Waals surface area contributed by atoms with Crippen LogP contribution in [0.2, 0.25) is 5.02 Å². The molecule has 200 valence electrons. The van der Waals surface area contributed by atoms with Crippen molar-refractivity contribution in [2.24, 2.45) is 0 Å². The zero-order valence-corrected chi connectivity index (χ0v) is 21.8. The Morgan fingerprint density at radius 3 is 2.58 bits per heavy atom. The first-order valence-electron chi connectivity index (χ1n) is 12.3. The van der Waals surface area contributed by atoms with E-state index < -0.39 is 12.0 Å². The average Bonchev–Trinajstić information content (AvgIpc) is 3.26. The van der Waals surface area contributed by atoms with Crippen LogP contribution in [-0.2, 0) is 17.9 Å². The number of ketones is 1. The summed E-state index contributed by atoms with van der Waals surface area (Å²) >= 11 is 6.48. The van der Waals surface area contributed by atoms with Crippen LogP contribution in [0.1, 0.15) is 44.8 Å². The molecule has 3 aromatic rings. The highest BCUT2D eigenvalue weighted by Gasteiger charge is 2.31. The lowest BCUT2D eigenvalue weighted by Crippen LogP contribution is -2.48. The van der Waals surface area contributed by atoms with Crippen molar-refractivity contribution in [3.05, 3.63) is 82.0 Å². The van der Waals surface area contributed by atoms with Crippen molar-refractivity contribution in [2.75, 3.05) is 31.6 Å². The third-order valence-corrected chi connectivity index (χ3v) is 6.74. The second-order valence-electron chi connectivity index (χ2n) is 9.04. The molecule has 2 aromatic carbocycles. The number of carbonyl (C=O) groups is 3. The molecule has 0 bridgehead atoms. The summed E-state index contributed by atoms with van der Waals surface area (Å²) in [5, 5.41) is 19.7. The maximum Gasteiger partial charge on any atom is 0.404 e. The van der Waals surface area contributed by atoms with Gasteiger partial charge in [-0.15, -0.1) is 0 Å². The number of hydrogen-bond donors (Lipinski definition) is 3. The van der Waals surface area contributed by atoms with Crippen LogP contribution < -0.4 is 15.5 Å². The van der Waals surface area contributed by atoms with E-state index in [0.717, 1.165) is 12.0 Å². The van der Waals surface area contributed by atoms with Gasteiger partial charge in [0.2, 0.25) is 0 Å². The van der Waals surface area contributed by atoms with Crippen molar-refractivity contribution in [3.8, 4) is 0 Å². The van der Waals surface area contributed by atoms with E-state index >= 15 is 0 Å². The molecule has 10 nitrogen and oxygen atoms in total. The van der Waals surface area contributed by atoms with E-state index in [1.807, 2.05) is 29.2 Å². The van der Waals surface area contributed by atoms with Crippen LogP contribution in [0.15, 0.2) is 54.6 Å². The first-order chi connectivity index (χ1) is 18.4. The topological polar surface area (TPSA) is 126 Å². The van der Waals surface area contributed by atoms with Crippen molar-refractivity contribution in [1.82, 2.24) is 20.4 Å². The summed E-state index contributed by atoms with van der Waals surface area (Å²) in [6.07, 6.45) is 0.682. The number of nitrogens with zero attached hydrogens (tertiary/aromatic N) is 3. The Kier molecular flexibility index (Phi) is 8.98. The number of halogens is 1. The minimum absolute atomic E-state index is 0.0780. The van der Waals surface area contributed by atoms with E-state index in [4.69, 9.17) is 16.3 Å². The first-order valence-corrected chi connectivity index (χ1v) is 12.7. The quantitative estimate of drug-likeness (QED) is 0.336. The number of piperidine rings is 1. The molecule has 0 spiro atoms. The maximum absolute atomic E-state index is 13.4. The molecule has 11 heteroatoms. The number of hydrogen-bond acceptors (Lipinski definition) is 6. The van der Waals surface area contributed by atoms with E-state index in [-0.39, 0.29) is 30.8 Å². The summed E-state index contributed by atoms with van der Waals surface area (Å²) in [6.45, 7) is 0.949. The molecule has 1 aromatic heterocycles. The Morgan fingerprint density at radius 1 is 1.13 bits per heavy atom. The summed E-state index contributed by atoms with van der Waals surface area (Å²) < 4.78 is 6.98. The molecule has 1 atom stereocenters. The zero-order valence-electron chi connectivity index (χ0n) is 21.0. The van der Waals surface area contributed by atoms with Crippen LogP contribution >= 0.6 is 11.6 Å². The molecule has 4 rings (SSSR count). The van der Waals surface area contributed by atoms with Crippen molar-refractivity contribution in [2.45, 2.75) is 32.0 Å². The summed E-state index contributed by atoms with van der Waals surface area (Å²) in [5.41, 5.74) is 2.08.